The van der Waals surface area contributed by atoms with Gasteiger partial charge >= 0.3 is 0 Å². The molecule has 5 aliphatic carbocycles. The third-order valence-electron chi connectivity index (χ3n) is 14.0. The topological polar surface area (TPSA) is 3.24 Å². The summed E-state index contributed by atoms with van der Waals surface area (Å²) in [5, 5.41) is 0. The zero-order chi connectivity index (χ0) is 33.8. The van der Waals surface area contributed by atoms with E-state index in [4.69, 9.17) is 0 Å². The third kappa shape index (κ3) is 4.52. The molecule has 11 rings (SSSR count). The average Bonchev–Trinajstić information content (AvgIpc) is 3.12. The Morgan fingerprint density at radius 2 is 1.14 bits per heavy atom. The number of hydrogen-bond donors (Lipinski definition) is 0. The predicted octanol–water partition coefficient (Wildman–Crippen LogP) is 13.4. The molecule has 0 amide bonds. The lowest BCUT2D eigenvalue weighted by Crippen LogP contribution is -2.57. The van der Waals surface area contributed by atoms with E-state index in [1.807, 2.05) is 11.8 Å². The molecular weight excluding hydrogens is 623 g/mol. The van der Waals surface area contributed by atoms with Crippen molar-refractivity contribution < 1.29 is 0 Å². The molecule has 0 radical (unpaired) electrons. The lowest BCUT2D eigenvalue weighted by Gasteiger charge is -2.63. The van der Waals surface area contributed by atoms with Gasteiger partial charge in [-0.05, 0) is 150 Å². The van der Waals surface area contributed by atoms with Crippen LogP contribution in [0, 0.1) is 23.7 Å². The van der Waals surface area contributed by atoms with Crippen LogP contribution < -0.4 is 4.90 Å². The summed E-state index contributed by atoms with van der Waals surface area (Å²) in [5.41, 5.74) is 13.0. The summed E-state index contributed by atoms with van der Waals surface area (Å²) < 4.78 is 0. The van der Waals surface area contributed by atoms with Gasteiger partial charge < -0.3 is 4.90 Å². The molecule has 1 heterocycles. The number of hydrogen-bond acceptors (Lipinski definition) is 2. The fraction of sp³-hybridized carbons (Fsp3) is 0.375. The van der Waals surface area contributed by atoms with Crippen LogP contribution >= 0.6 is 11.8 Å². The Kier molecular flexibility index (Phi) is 6.90. The van der Waals surface area contributed by atoms with E-state index in [-0.39, 0.29) is 16.2 Å². The summed E-state index contributed by atoms with van der Waals surface area (Å²) in [5.74, 6) is 3.26. The lowest BCUT2D eigenvalue weighted by molar-refractivity contribution is -0.0443. The molecule has 1 aliphatic heterocycles. The molecule has 1 spiro atoms. The summed E-state index contributed by atoms with van der Waals surface area (Å²) in [7, 11) is 0. The van der Waals surface area contributed by atoms with E-state index in [1.54, 1.807) is 11.1 Å². The Labute approximate surface area is 303 Å². The molecule has 0 aromatic heterocycles. The van der Waals surface area contributed by atoms with Crippen molar-refractivity contribution in [2.45, 2.75) is 98.7 Å². The van der Waals surface area contributed by atoms with Crippen molar-refractivity contribution in [1.29, 1.82) is 0 Å². The molecule has 1 nitrogen and oxygen atoms in total. The zero-order valence-corrected chi connectivity index (χ0v) is 30.9. The van der Waals surface area contributed by atoms with Crippen LogP contribution in [0.15, 0.2) is 125 Å². The molecule has 0 atom stereocenters. The molecule has 6 aliphatic rings. The van der Waals surface area contributed by atoms with Gasteiger partial charge in [0.1, 0.15) is 0 Å². The molecule has 4 bridgehead atoms. The van der Waals surface area contributed by atoms with Crippen LogP contribution in [0.3, 0.4) is 0 Å². The van der Waals surface area contributed by atoms with E-state index in [2.05, 4.69) is 148 Å². The van der Waals surface area contributed by atoms with E-state index >= 15 is 0 Å². The Morgan fingerprint density at radius 1 is 0.520 bits per heavy atom. The van der Waals surface area contributed by atoms with Crippen LogP contribution in [0.2, 0.25) is 0 Å². The van der Waals surface area contributed by atoms with Gasteiger partial charge in [-0.2, -0.15) is 0 Å². The van der Waals surface area contributed by atoms with Crippen LogP contribution in [-0.4, -0.2) is 0 Å². The van der Waals surface area contributed by atoms with Gasteiger partial charge in [0.05, 0.1) is 5.69 Å². The van der Waals surface area contributed by atoms with Gasteiger partial charge in [0.2, 0.25) is 0 Å². The van der Waals surface area contributed by atoms with E-state index in [0.29, 0.717) is 11.8 Å². The highest BCUT2D eigenvalue weighted by atomic mass is 32.2. The Hall–Kier alpha value is -3.75. The molecule has 4 fully saturated rings. The predicted molar refractivity (Wildman–Crippen MR) is 210 cm³/mol. The normalized spacial score (nSPS) is 27.8. The molecule has 50 heavy (non-hydrogen) atoms. The zero-order valence-electron chi connectivity index (χ0n) is 30.1. The van der Waals surface area contributed by atoms with Crippen LogP contribution in [0.25, 0.3) is 11.1 Å². The fourth-order valence-corrected chi connectivity index (χ4v) is 12.9. The van der Waals surface area contributed by atoms with Crippen LogP contribution in [0.5, 0.6) is 0 Å². The Bertz CT molecular complexity index is 2080. The maximum Gasteiger partial charge on any atom is 0.0543 e. The maximum absolute atomic E-state index is 2.70. The van der Waals surface area contributed by atoms with Crippen molar-refractivity contribution in [1.82, 2.24) is 0 Å². The summed E-state index contributed by atoms with van der Waals surface area (Å²) in [6.45, 7) is 9.78. The first-order valence-corrected chi connectivity index (χ1v) is 20.1. The number of benzene rings is 5. The minimum Gasteiger partial charge on any atom is -0.310 e. The van der Waals surface area contributed by atoms with Gasteiger partial charge in [0.25, 0.3) is 0 Å². The SMILES string of the molecule is CC1(C)CCC(C)(C)c2cc(N(c3ccccc3)c3cc4c(cc3-c3ccccc3)Sc3ccccc3C43C4CC5CC(C4)CC3C5)ccc21. The number of fused-ring (bicyclic) bond motifs is 3. The molecule has 0 saturated heterocycles. The van der Waals surface area contributed by atoms with Crippen molar-refractivity contribution in [2.75, 3.05) is 4.90 Å². The first-order valence-electron chi connectivity index (χ1n) is 19.2. The molecule has 2 heteroatoms. The summed E-state index contributed by atoms with van der Waals surface area (Å²) in [4.78, 5) is 5.56. The lowest BCUT2D eigenvalue weighted by atomic mass is 9.42. The van der Waals surface area contributed by atoms with E-state index < -0.39 is 0 Å². The minimum atomic E-state index is 0.0821. The monoisotopic (exact) mass is 671 g/mol. The molecule has 0 unspecified atom stereocenters. The van der Waals surface area contributed by atoms with Gasteiger partial charge in [-0.25, -0.2) is 0 Å². The molecule has 5 aromatic carbocycles. The second-order valence-corrected chi connectivity index (χ2v) is 18.8. The number of rotatable bonds is 4. The van der Waals surface area contributed by atoms with Crippen molar-refractivity contribution in [3.05, 3.63) is 138 Å². The molecule has 0 N–H and O–H groups in total. The largest absolute Gasteiger partial charge is 0.310 e. The van der Waals surface area contributed by atoms with Gasteiger partial charge in [-0.1, -0.05) is 112 Å². The molecule has 252 valence electrons. The third-order valence-corrected chi connectivity index (χ3v) is 15.1. The Balaban J connectivity index is 1.26. The summed E-state index contributed by atoms with van der Waals surface area (Å²) in [6.07, 6.45) is 9.46. The quantitative estimate of drug-likeness (QED) is 0.187. The minimum absolute atomic E-state index is 0.0821. The standard InChI is InChI=1S/C48H49NS/c1-46(2)21-22-47(3,4)41-28-37(19-20-39(41)46)49(36-15-9-6-10-16-36)43-30-42-45(29-38(43)33-13-7-5-8-14-33)50-44-18-12-11-17-40(44)48(42)34-24-31-23-32(26-34)27-35(48)25-31/h5-20,28-32,34-35H,21-27H2,1-4H3. The van der Waals surface area contributed by atoms with Crippen LogP contribution in [-0.2, 0) is 16.2 Å². The number of para-hydroxylation sites is 1. The second kappa shape index (κ2) is 11.1. The Morgan fingerprint density at radius 3 is 1.84 bits per heavy atom. The van der Waals surface area contributed by atoms with E-state index in [1.165, 1.54) is 94.1 Å². The van der Waals surface area contributed by atoms with Gasteiger partial charge in [-0.15, -0.1) is 0 Å². The van der Waals surface area contributed by atoms with Crippen LogP contribution in [0.4, 0.5) is 17.1 Å². The molecule has 5 aromatic rings. The second-order valence-electron chi connectivity index (χ2n) is 17.7. The molecular formula is C48H49NS. The maximum atomic E-state index is 2.70. The van der Waals surface area contributed by atoms with Gasteiger partial charge in [0, 0.05) is 32.1 Å². The van der Waals surface area contributed by atoms with E-state index in [9.17, 15) is 0 Å². The number of nitrogens with zero attached hydrogens (tertiary/aromatic N) is 1. The van der Waals surface area contributed by atoms with Crippen molar-refractivity contribution in [3.63, 3.8) is 0 Å². The highest BCUT2D eigenvalue weighted by Gasteiger charge is 2.61. The van der Waals surface area contributed by atoms with Crippen LogP contribution in [0.1, 0.15) is 94.9 Å². The van der Waals surface area contributed by atoms with E-state index in [0.717, 1.165) is 11.8 Å². The highest BCUT2D eigenvalue weighted by molar-refractivity contribution is 7.99. The van der Waals surface area contributed by atoms with Crippen molar-refractivity contribution >= 4 is 28.8 Å². The van der Waals surface area contributed by atoms with Gasteiger partial charge in [0.15, 0.2) is 0 Å². The smallest absolute Gasteiger partial charge is 0.0543 e. The summed E-state index contributed by atoms with van der Waals surface area (Å²) >= 11 is 2.02. The first-order chi connectivity index (χ1) is 24.2. The summed E-state index contributed by atoms with van der Waals surface area (Å²) in [6, 6.07) is 44.6. The number of anilines is 3. The molecule has 4 saturated carbocycles. The first kappa shape index (κ1) is 31.0. The average molecular weight is 672 g/mol. The van der Waals surface area contributed by atoms with Gasteiger partial charge in [-0.3, -0.25) is 0 Å². The highest BCUT2D eigenvalue weighted by Crippen LogP contribution is 2.69. The van der Waals surface area contributed by atoms with Crippen molar-refractivity contribution in [3.8, 4) is 11.1 Å². The fourth-order valence-electron chi connectivity index (χ4n) is 11.7. The van der Waals surface area contributed by atoms with Crippen molar-refractivity contribution in [2.24, 2.45) is 23.7 Å².